The molecule has 2 rings (SSSR count). The van der Waals surface area contributed by atoms with Gasteiger partial charge in [0.2, 0.25) is 0 Å². The number of alkyl halides is 2. The molecule has 0 fully saturated rings. The molecule has 1 heterocycles. The number of aryl methyl sites for hydroxylation is 1. The van der Waals surface area contributed by atoms with Crippen molar-refractivity contribution in [1.82, 2.24) is 0 Å². The van der Waals surface area contributed by atoms with Crippen molar-refractivity contribution in [3.63, 3.8) is 0 Å². The zero-order chi connectivity index (χ0) is 17.4. The molecule has 1 aliphatic rings. The van der Waals surface area contributed by atoms with E-state index >= 15 is 0 Å². The van der Waals surface area contributed by atoms with Crippen LogP contribution in [-0.4, -0.2) is 44.7 Å². The Bertz CT molecular complexity index is 726. The summed E-state index contributed by atoms with van der Waals surface area (Å²) in [7, 11) is -3.58. The molecule has 1 aromatic carbocycles. The van der Waals surface area contributed by atoms with Gasteiger partial charge in [0.15, 0.2) is 9.84 Å². The Hall–Kier alpha value is -1.54. The van der Waals surface area contributed by atoms with Crippen molar-refractivity contribution >= 4 is 15.8 Å². The lowest BCUT2D eigenvalue weighted by Crippen LogP contribution is -2.29. The Labute approximate surface area is 133 Å². The lowest BCUT2D eigenvalue weighted by molar-refractivity contribution is -0.0399. The minimum atomic E-state index is -3.58. The average Bonchev–Trinajstić information content (AvgIpc) is 2.48. The van der Waals surface area contributed by atoms with E-state index in [4.69, 9.17) is 4.74 Å². The smallest absolute Gasteiger partial charge is 0.335 e. The highest BCUT2D eigenvalue weighted by Crippen LogP contribution is 2.40. The standard InChI is InChI=1S/C15H18F2O5S/c1-8-5-11(15(18)19)9(2)13-12(22-10(6-16)7-17)3-4-23(20,21)14(8)13/h5,10,12H,3-4,6-7H2,1-2H3,(H,18,19). The molecule has 0 radical (unpaired) electrons. The van der Waals surface area contributed by atoms with Gasteiger partial charge >= 0.3 is 5.97 Å². The molecule has 5 nitrogen and oxygen atoms in total. The summed E-state index contributed by atoms with van der Waals surface area (Å²) in [5.41, 5.74) is 0.723. The van der Waals surface area contributed by atoms with Crippen LogP contribution in [0.25, 0.3) is 0 Å². The Balaban J connectivity index is 2.66. The minimum Gasteiger partial charge on any atom is -0.478 e. The maximum Gasteiger partial charge on any atom is 0.335 e. The van der Waals surface area contributed by atoms with E-state index in [0.29, 0.717) is 5.56 Å². The second-order valence-electron chi connectivity index (χ2n) is 5.58. The van der Waals surface area contributed by atoms with Crippen LogP contribution in [-0.2, 0) is 14.6 Å². The van der Waals surface area contributed by atoms with E-state index in [9.17, 15) is 27.1 Å². The third-order valence-corrected chi connectivity index (χ3v) is 5.92. The predicted octanol–water partition coefficient (Wildman–Crippen LogP) is 2.54. The highest BCUT2D eigenvalue weighted by Gasteiger charge is 2.36. The third kappa shape index (κ3) is 3.23. The van der Waals surface area contributed by atoms with Gasteiger partial charge in [-0.05, 0) is 37.5 Å². The number of hydrogen-bond acceptors (Lipinski definition) is 4. The fourth-order valence-corrected chi connectivity index (χ4v) is 4.83. The van der Waals surface area contributed by atoms with Gasteiger partial charge in [-0.15, -0.1) is 0 Å². The molecule has 1 unspecified atom stereocenters. The molecule has 0 saturated heterocycles. The summed E-state index contributed by atoms with van der Waals surface area (Å²) >= 11 is 0. The van der Waals surface area contributed by atoms with Gasteiger partial charge in [-0.1, -0.05) is 0 Å². The van der Waals surface area contributed by atoms with Crippen LogP contribution < -0.4 is 0 Å². The van der Waals surface area contributed by atoms with Gasteiger partial charge < -0.3 is 9.84 Å². The van der Waals surface area contributed by atoms with Gasteiger partial charge in [0.05, 0.1) is 22.3 Å². The van der Waals surface area contributed by atoms with Crippen molar-refractivity contribution in [1.29, 1.82) is 0 Å². The van der Waals surface area contributed by atoms with Gasteiger partial charge in [-0.25, -0.2) is 22.0 Å². The number of hydrogen-bond donors (Lipinski definition) is 1. The molecule has 0 bridgehead atoms. The van der Waals surface area contributed by atoms with E-state index in [1.54, 1.807) is 0 Å². The number of rotatable bonds is 5. The summed E-state index contributed by atoms with van der Waals surface area (Å²) in [6.45, 7) is 0.919. The Morgan fingerprint density at radius 2 is 2.00 bits per heavy atom. The van der Waals surface area contributed by atoms with Crippen molar-refractivity contribution in [2.45, 2.75) is 37.4 Å². The molecule has 1 N–H and O–H groups in total. The molecule has 0 aliphatic carbocycles. The number of carboxylic acid groups (broad SMARTS) is 1. The van der Waals surface area contributed by atoms with Crippen LogP contribution in [0.2, 0.25) is 0 Å². The number of carbonyl (C=O) groups is 1. The Kier molecular flexibility index (Phi) is 5.05. The van der Waals surface area contributed by atoms with Crippen LogP contribution in [0.5, 0.6) is 0 Å². The quantitative estimate of drug-likeness (QED) is 0.884. The molecule has 128 valence electrons. The average molecular weight is 348 g/mol. The summed E-state index contributed by atoms with van der Waals surface area (Å²) in [5, 5.41) is 9.27. The molecule has 0 aromatic heterocycles. The van der Waals surface area contributed by atoms with Gasteiger partial charge in [0, 0.05) is 5.56 Å². The normalized spacial score (nSPS) is 19.6. The van der Waals surface area contributed by atoms with E-state index in [1.807, 2.05) is 0 Å². The molecule has 0 amide bonds. The van der Waals surface area contributed by atoms with Crippen LogP contribution in [0.1, 0.15) is 39.6 Å². The van der Waals surface area contributed by atoms with E-state index < -0.39 is 41.4 Å². The predicted molar refractivity (Wildman–Crippen MR) is 79.1 cm³/mol. The number of ether oxygens (including phenoxy) is 1. The van der Waals surface area contributed by atoms with Gasteiger partial charge in [0.1, 0.15) is 19.5 Å². The van der Waals surface area contributed by atoms with Crippen molar-refractivity contribution in [2.24, 2.45) is 0 Å². The lowest BCUT2D eigenvalue weighted by atomic mass is 9.93. The summed E-state index contributed by atoms with van der Waals surface area (Å²) in [6, 6.07) is 1.30. The minimum absolute atomic E-state index is 0.0210. The number of fused-ring (bicyclic) bond motifs is 1. The summed E-state index contributed by atoms with van der Waals surface area (Å²) < 4.78 is 55.6. The van der Waals surface area contributed by atoms with Crippen LogP contribution in [0, 0.1) is 13.8 Å². The molecule has 1 aromatic rings. The Morgan fingerprint density at radius 1 is 1.39 bits per heavy atom. The van der Waals surface area contributed by atoms with Crippen molar-refractivity contribution < 1.29 is 31.8 Å². The van der Waals surface area contributed by atoms with Gasteiger partial charge in [0.25, 0.3) is 0 Å². The van der Waals surface area contributed by atoms with E-state index in [0.717, 1.165) is 0 Å². The molecule has 23 heavy (non-hydrogen) atoms. The number of aromatic carboxylic acids is 1. The van der Waals surface area contributed by atoms with Crippen molar-refractivity contribution in [3.8, 4) is 0 Å². The molecular formula is C15H18F2O5S. The second kappa shape index (κ2) is 6.52. The van der Waals surface area contributed by atoms with E-state index in [-0.39, 0.29) is 33.8 Å². The molecule has 0 saturated carbocycles. The molecule has 0 spiro atoms. The second-order valence-corrected chi connectivity index (χ2v) is 7.62. The lowest BCUT2D eigenvalue weighted by Gasteiger charge is -2.31. The zero-order valence-corrected chi connectivity index (χ0v) is 13.6. The monoisotopic (exact) mass is 348 g/mol. The SMILES string of the molecule is Cc1cc(C(=O)O)c(C)c2c1S(=O)(=O)CCC2OC(CF)CF. The first kappa shape index (κ1) is 17.8. The van der Waals surface area contributed by atoms with Crippen LogP contribution in [0.4, 0.5) is 8.78 Å². The number of halogens is 2. The first-order valence-corrected chi connectivity index (χ1v) is 8.75. The maximum absolute atomic E-state index is 12.8. The maximum atomic E-state index is 12.8. The first-order valence-electron chi connectivity index (χ1n) is 7.10. The molecule has 8 heteroatoms. The zero-order valence-electron chi connectivity index (χ0n) is 12.8. The summed E-state index contributed by atoms with van der Waals surface area (Å²) in [4.78, 5) is 11.4. The fraction of sp³-hybridized carbons (Fsp3) is 0.533. The largest absolute Gasteiger partial charge is 0.478 e. The highest BCUT2D eigenvalue weighted by molar-refractivity contribution is 7.91. The van der Waals surface area contributed by atoms with Crippen molar-refractivity contribution in [3.05, 3.63) is 28.3 Å². The fourth-order valence-electron chi connectivity index (χ4n) is 2.93. The summed E-state index contributed by atoms with van der Waals surface area (Å²) in [6.07, 6.45) is -2.10. The number of carboxylic acids is 1. The molecule has 1 aliphatic heterocycles. The van der Waals surface area contributed by atoms with Crippen LogP contribution in [0.3, 0.4) is 0 Å². The summed E-state index contributed by atoms with van der Waals surface area (Å²) in [5.74, 6) is -1.40. The third-order valence-electron chi connectivity index (χ3n) is 3.98. The number of benzene rings is 1. The van der Waals surface area contributed by atoms with Gasteiger partial charge in [-0.3, -0.25) is 0 Å². The first-order chi connectivity index (χ1) is 10.7. The van der Waals surface area contributed by atoms with E-state index in [1.165, 1.54) is 19.9 Å². The van der Waals surface area contributed by atoms with Crippen molar-refractivity contribution in [2.75, 3.05) is 19.1 Å². The Morgan fingerprint density at radius 3 is 2.52 bits per heavy atom. The topological polar surface area (TPSA) is 80.7 Å². The van der Waals surface area contributed by atoms with Gasteiger partial charge in [-0.2, -0.15) is 0 Å². The highest BCUT2D eigenvalue weighted by atomic mass is 32.2. The molecular weight excluding hydrogens is 330 g/mol. The molecule has 1 atom stereocenters. The number of sulfone groups is 1. The van der Waals surface area contributed by atoms with E-state index in [2.05, 4.69) is 0 Å². The van der Waals surface area contributed by atoms with Crippen LogP contribution >= 0.6 is 0 Å². The van der Waals surface area contributed by atoms with Crippen LogP contribution in [0.15, 0.2) is 11.0 Å².